The van der Waals surface area contributed by atoms with Gasteiger partial charge in [-0.25, -0.2) is 4.39 Å². The summed E-state index contributed by atoms with van der Waals surface area (Å²) in [7, 11) is 0. The molecule has 0 aromatic heterocycles. The van der Waals surface area contributed by atoms with E-state index in [1.807, 2.05) is 13.8 Å². The van der Waals surface area contributed by atoms with Gasteiger partial charge in [-0.2, -0.15) is 0 Å². The molecule has 1 aromatic carbocycles. The van der Waals surface area contributed by atoms with E-state index >= 15 is 0 Å². The fourth-order valence-corrected chi connectivity index (χ4v) is 1.20. The van der Waals surface area contributed by atoms with Crippen LogP contribution in [-0.2, 0) is 4.79 Å². The Bertz CT molecular complexity index is 396. The molecule has 1 rings (SSSR count). The second-order valence-electron chi connectivity index (χ2n) is 3.85. The first kappa shape index (κ1) is 13.3. The normalized spacial score (nSPS) is 11.9. The Balaban J connectivity index is 2.50. The molecule has 1 aromatic rings. The summed E-state index contributed by atoms with van der Waals surface area (Å²) in [6.45, 7) is 3.70. The lowest BCUT2D eigenvalue weighted by atomic mass is 10.2. The fraction of sp³-hybridized carbons (Fsp3) is 0.417. The van der Waals surface area contributed by atoms with Crippen molar-refractivity contribution in [3.63, 3.8) is 0 Å². The monoisotopic (exact) mass is 240 g/mol. The van der Waals surface area contributed by atoms with Crippen molar-refractivity contribution in [2.24, 2.45) is 0 Å². The van der Waals surface area contributed by atoms with Gasteiger partial charge in [-0.05, 0) is 25.5 Å². The van der Waals surface area contributed by atoms with Crippen LogP contribution in [0.5, 0.6) is 5.75 Å². The molecular formula is C12H17FN2O2. The van der Waals surface area contributed by atoms with Crippen molar-refractivity contribution in [1.82, 2.24) is 5.32 Å². The van der Waals surface area contributed by atoms with Crippen molar-refractivity contribution in [2.45, 2.75) is 26.3 Å². The van der Waals surface area contributed by atoms with Crippen LogP contribution in [0.4, 0.5) is 10.1 Å². The number of rotatable bonds is 5. The molecule has 0 saturated carbocycles. The summed E-state index contributed by atoms with van der Waals surface area (Å²) in [5.41, 5.74) is 5.89. The molecule has 0 spiro atoms. The smallest absolute Gasteiger partial charge is 0.258 e. The molecule has 0 saturated heterocycles. The highest BCUT2D eigenvalue weighted by molar-refractivity contribution is 5.78. The van der Waals surface area contributed by atoms with Crippen LogP contribution < -0.4 is 15.8 Å². The van der Waals surface area contributed by atoms with E-state index in [4.69, 9.17) is 10.5 Å². The number of nitrogens with two attached hydrogens (primary N) is 1. The summed E-state index contributed by atoms with van der Waals surface area (Å²) in [5.74, 6) is -0.510. The minimum Gasteiger partial charge on any atom is -0.482 e. The van der Waals surface area contributed by atoms with Gasteiger partial charge in [0.1, 0.15) is 11.6 Å². The van der Waals surface area contributed by atoms with Crippen LogP contribution in [0, 0.1) is 5.82 Å². The van der Waals surface area contributed by atoms with Gasteiger partial charge in [-0.1, -0.05) is 6.92 Å². The van der Waals surface area contributed by atoms with Gasteiger partial charge in [-0.15, -0.1) is 0 Å². The van der Waals surface area contributed by atoms with Crippen LogP contribution in [0.25, 0.3) is 0 Å². The number of hydrogen-bond acceptors (Lipinski definition) is 3. The van der Waals surface area contributed by atoms with Gasteiger partial charge < -0.3 is 15.8 Å². The SMILES string of the molecule is CCC(C)NC(=O)COc1cc(F)ccc1N. The molecule has 0 aliphatic heterocycles. The number of halogens is 1. The maximum Gasteiger partial charge on any atom is 0.258 e. The van der Waals surface area contributed by atoms with E-state index in [1.54, 1.807) is 0 Å². The number of nitrogens with one attached hydrogen (secondary N) is 1. The lowest BCUT2D eigenvalue weighted by Gasteiger charge is -2.12. The lowest BCUT2D eigenvalue weighted by molar-refractivity contribution is -0.123. The second kappa shape index (κ2) is 6.08. The standard InChI is InChI=1S/C12H17FN2O2/c1-3-8(2)15-12(16)7-17-11-6-9(13)4-5-10(11)14/h4-6,8H,3,7,14H2,1-2H3,(H,15,16). The summed E-state index contributed by atoms with van der Waals surface area (Å²) in [6, 6.07) is 3.89. The predicted octanol–water partition coefficient (Wildman–Crippen LogP) is 1.70. The van der Waals surface area contributed by atoms with Crippen LogP contribution in [0.2, 0.25) is 0 Å². The predicted molar refractivity (Wildman–Crippen MR) is 64.2 cm³/mol. The number of carbonyl (C=O) groups is 1. The van der Waals surface area contributed by atoms with Gasteiger partial charge in [0.15, 0.2) is 6.61 Å². The summed E-state index contributed by atoms with van der Waals surface area (Å²) in [4.78, 5) is 11.4. The molecule has 0 aliphatic rings. The third kappa shape index (κ3) is 4.30. The van der Waals surface area contributed by atoms with Gasteiger partial charge in [0, 0.05) is 12.1 Å². The molecule has 0 radical (unpaired) electrons. The molecule has 1 atom stereocenters. The Morgan fingerprint density at radius 3 is 2.94 bits per heavy atom. The summed E-state index contributed by atoms with van der Waals surface area (Å²) in [5, 5.41) is 2.74. The molecule has 1 unspecified atom stereocenters. The first-order chi connectivity index (χ1) is 8.02. The lowest BCUT2D eigenvalue weighted by Crippen LogP contribution is -2.35. The Labute approximate surface area is 100.0 Å². The van der Waals surface area contributed by atoms with Crippen molar-refractivity contribution in [1.29, 1.82) is 0 Å². The van der Waals surface area contributed by atoms with Crippen molar-refractivity contribution in [3.8, 4) is 5.75 Å². The van der Waals surface area contributed by atoms with Gasteiger partial charge in [0.25, 0.3) is 5.91 Å². The van der Waals surface area contributed by atoms with Gasteiger partial charge in [0.05, 0.1) is 5.69 Å². The zero-order valence-corrected chi connectivity index (χ0v) is 10.00. The maximum atomic E-state index is 12.9. The topological polar surface area (TPSA) is 64.3 Å². The first-order valence-electron chi connectivity index (χ1n) is 5.50. The fourth-order valence-electron chi connectivity index (χ4n) is 1.20. The molecule has 0 heterocycles. The van der Waals surface area contributed by atoms with E-state index < -0.39 is 5.82 Å². The van der Waals surface area contributed by atoms with E-state index in [1.165, 1.54) is 12.1 Å². The van der Waals surface area contributed by atoms with Crippen LogP contribution in [0.1, 0.15) is 20.3 Å². The van der Waals surface area contributed by atoms with Crippen LogP contribution >= 0.6 is 0 Å². The molecule has 0 aliphatic carbocycles. The second-order valence-corrected chi connectivity index (χ2v) is 3.85. The molecular weight excluding hydrogens is 223 g/mol. The number of benzene rings is 1. The van der Waals surface area contributed by atoms with E-state index in [0.29, 0.717) is 5.69 Å². The summed E-state index contributed by atoms with van der Waals surface area (Å²) >= 11 is 0. The van der Waals surface area contributed by atoms with E-state index in [2.05, 4.69) is 5.32 Å². The number of anilines is 1. The van der Waals surface area contributed by atoms with Crippen molar-refractivity contribution < 1.29 is 13.9 Å². The zero-order valence-electron chi connectivity index (χ0n) is 10.00. The van der Waals surface area contributed by atoms with Gasteiger partial charge in [0.2, 0.25) is 0 Å². The average Bonchev–Trinajstić information content (AvgIpc) is 2.30. The number of nitrogen functional groups attached to an aromatic ring is 1. The Morgan fingerprint density at radius 2 is 2.29 bits per heavy atom. The van der Waals surface area contributed by atoms with Crippen LogP contribution in [0.3, 0.4) is 0 Å². The van der Waals surface area contributed by atoms with Crippen molar-refractivity contribution in [3.05, 3.63) is 24.0 Å². The third-order valence-corrected chi connectivity index (χ3v) is 2.35. The van der Waals surface area contributed by atoms with E-state index in [0.717, 1.165) is 12.5 Å². The molecule has 5 heteroatoms. The zero-order chi connectivity index (χ0) is 12.8. The highest BCUT2D eigenvalue weighted by Gasteiger charge is 2.08. The first-order valence-corrected chi connectivity index (χ1v) is 5.50. The molecule has 4 nitrogen and oxygen atoms in total. The Kier molecular flexibility index (Phi) is 4.75. The Morgan fingerprint density at radius 1 is 1.59 bits per heavy atom. The molecule has 3 N–H and O–H groups in total. The number of amides is 1. The number of ether oxygens (including phenoxy) is 1. The minimum absolute atomic E-state index is 0.0935. The maximum absolute atomic E-state index is 12.9. The summed E-state index contributed by atoms with van der Waals surface area (Å²) < 4.78 is 18.0. The van der Waals surface area contributed by atoms with E-state index in [9.17, 15) is 9.18 Å². The molecule has 1 amide bonds. The molecule has 0 bridgehead atoms. The van der Waals surface area contributed by atoms with E-state index in [-0.39, 0.29) is 24.3 Å². The molecule has 94 valence electrons. The largest absolute Gasteiger partial charge is 0.482 e. The van der Waals surface area contributed by atoms with Gasteiger partial charge in [-0.3, -0.25) is 4.79 Å². The Hall–Kier alpha value is -1.78. The number of hydrogen-bond donors (Lipinski definition) is 2. The number of carbonyl (C=O) groups excluding carboxylic acids is 1. The highest BCUT2D eigenvalue weighted by Crippen LogP contribution is 2.21. The average molecular weight is 240 g/mol. The third-order valence-electron chi connectivity index (χ3n) is 2.35. The summed E-state index contributed by atoms with van der Waals surface area (Å²) in [6.07, 6.45) is 0.841. The quantitative estimate of drug-likeness (QED) is 0.770. The van der Waals surface area contributed by atoms with Crippen molar-refractivity contribution >= 4 is 11.6 Å². The minimum atomic E-state index is -0.448. The van der Waals surface area contributed by atoms with Crippen molar-refractivity contribution in [2.75, 3.05) is 12.3 Å². The molecule has 17 heavy (non-hydrogen) atoms. The van der Waals surface area contributed by atoms with Crippen LogP contribution in [0.15, 0.2) is 18.2 Å². The highest BCUT2D eigenvalue weighted by atomic mass is 19.1. The van der Waals surface area contributed by atoms with Gasteiger partial charge >= 0.3 is 0 Å². The molecule has 0 fully saturated rings. The van der Waals surface area contributed by atoms with Crippen LogP contribution in [-0.4, -0.2) is 18.6 Å².